The van der Waals surface area contributed by atoms with Gasteiger partial charge in [-0.05, 0) is 32.1 Å². The van der Waals surface area contributed by atoms with Crippen LogP contribution in [0.4, 0.5) is 0 Å². The quantitative estimate of drug-likeness (QED) is 0.770. The zero-order valence-corrected chi connectivity index (χ0v) is 10.2. The average Bonchev–Trinajstić information content (AvgIpc) is 2.95. The lowest BCUT2D eigenvalue weighted by atomic mass is 10.3. The lowest BCUT2D eigenvalue weighted by molar-refractivity contribution is 0.285. The van der Waals surface area contributed by atoms with Crippen molar-refractivity contribution in [2.45, 2.75) is 26.3 Å². The molecule has 0 aromatic carbocycles. The molecule has 5 nitrogen and oxygen atoms in total. The summed E-state index contributed by atoms with van der Waals surface area (Å²) in [5.41, 5.74) is 0. The van der Waals surface area contributed by atoms with Crippen molar-refractivity contribution in [3.63, 3.8) is 0 Å². The molecule has 2 rings (SSSR count). The Kier molecular flexibility index (Phi) is 3.93. The summed E-state index contributed by atoms with van der Waals surface area (Å²) >= 11 is 0. The van der Waals surface area contributed by atoms with Crippen LogP contribution in [0.2, 0.25) is 0 Å². The van der Waals surface area contributed by atoms with Crippen LogP contribution in [0.25, 0.3) is 11.7 Å². The summed E-state index contributed by atoms with van der Waals surface area (Å²) in [4.78, 5) is 2.17. The van der Waals surface area contributed by atoms with Crippen molar-refractivity contribution in [1.82, 2.24) is 15.1 Å². The Bertz CT molecular complexity index is 436. The third kappa shape index (κ3) is 3.17. The molecule has 0 spiro atoms. The number of rotatable bonds is 6. The predicted octanol–water partition coefficient (Wildman–Crippen LogP) is 2.56. The van der Waals surface area contributed by atoms with Crippen molar-refractivity contribution < 1.29 is 8.83 Å². The fourth-order valence-electron chi connectivity index (χ4n) is 1.56. The van der Waals surface area contributed by atoms with E-state index in [0.717, 1.165) is 6.54 Å². The fraction of sp³-hybridized carbons (Fsp3) is 0.500. The summed E-state index contributed by atoms with van der Waals surface area (Å²) < 4.78 is 10.7. The molecule has 0 bridgehead atoms. The van der Waals surface area contributed by atoms with Gasteiger partial charge >= 0.3 is 0 Å². The minimum absolute atomic E-state index is 0.439. The van der Waals surface area contributed by atoms with Gasteiger partial charge in [-0.15, -0.1) is 10.2 Å². The Morgan fingerprint density at radius 1 is 1.35 bits per heavy atom. The van der Waals surface area contributed by atoms with Crippen LogP contribution in [0.3, 0.4) is 0 Å². The molecule has 0 unspecified atom stereocenters. The zero-order chi connectivity index (χ0) is 12.1. The first-order valence-electron chi connectivity index (χ1n) is 5.84. The summed E-state index contributed by atoms with van der Waals surface area (Å²) in [6, 6.07) is 3.60. The van der Waals surface area contributed by atoms with Crippen LogP contribution >= 0.6 is 0 Å². The van der Waals surface area contributed by atoms with Crippen molar-refractivity contribution in [1.29, 1.82) is 0 Å². The number of hydrogen-bond acceptors (Lipinski definition) is 5. The number of nitrogens with zero attached hydrogens (tertiary/aromatic N) is 3. The first-order chi connectivity index (χ1) is 8.29. The van der Waals surface area contributed by atoms with Crippen molar-refractivity contribution in [3.05, 3.63) is 24.3 Å². The summed E-state index contributed by atoms with van der Waals surface area (Å²) in [6.45, 7) is 3.89. The number of hydrogen-bond donors (Lipinski definition) is 0. The lowest BCUT2D eigenvalue weighted by Crippen LogP contribution is -2.19. The highest BCUT2D eigenvalue weighted by Crippen LogP contribution is 2.18. The van der Waals surface area contributed by atoms with E-state index in [2.05, 4.69) is 22.0 Å². The van der Waals surface area contributed by atoms with E-state index >= 15 is 0 Å². The average molecular weight is 235 g/mol. The molecule has 92 valence electrons. The number of aromatic nitrogens is 2. The van der Waals surface area contributed by atoms with Gasteiger partial charge in [0.25, 0.3) is 5.89 Å². The van der Waals surface area contributed by atoms with E-state index in [1.807, 2.05) is 7.05 Å². The zero-order valence-electron chi connectivity index (χ0n) is 10.2. The second-order valence-electron chi connectivity index (χ2n) is 4.07. The molecule has 2 aromatic rings. The van der Waals surface area contributed by atoms with Crippen molar-refractivity contribution >= 4 is 0 Å². The molecule has 0 radical (unpaired) electrons. The SMILES string of the molecule is CCCCN(C)Cc1nnc(-c2ccco2)o1. The van der Waals surface area contributed by atoms with Gasteiger partial charge in [0.2, 0.25) is 5.89 Å². The highest BCUT2D eigenvalue weighted by molar-refractivity contribution is 5.42. The van der Waals surface area contributed by atoms with Gasteiger partial charge < -0.3 is 8.83 Å². The molecule has 2 heterocycles. The first kappa shape index (κ1) is 11.9. The summed E-state index contributed by atoms with van der Waals surface area (Å²) in [5.74, 6) is 1.67. The van der Waals surface area contributed by atoms with E-state index in [4.69, 9.17) is 8.83 Å². The molecular formula is C12H17N3O2. The van der Waals surface area contributed by atoms with Gasteiger partial charge in [-0.3, -0.25) is 4.90 Å². The van der Waals surface area contributed by atoms with Crippen LogP contribution in [0.5, 0.6) is 0 Å². The van der Waals surface area contributed by atoms with E-state index in [-0.39, 0.29) is 0 Å². The first-order valence-corrected chi connectivity index (χ1v) is 5.84. The fourth-order valence-corrected chi connectivity index (χ4v) is 1.56. The molecule has 5 heteroatoms. The molecule has 0 amide bonds. The Balaban J connectivity index is 1.94. The van der Waals surface area contributed by atoms with Gasteiger partial charge in [0, 0.05) is 0 Å². The molecule has 0 N–H and O–H groups in total. The van der Waals surface area contributed by atoms with Gasteiger partial charge in [-0.2, -0.15) is 0 Å². The largest absolute Gasteiger partial charge is 0.459 e. The highest BCUT2D eigenvalue weighted by Gasteiger charge is 2.11. The summed E-state index contributed by atoms with van der Waals surface area (Å²) in [5, 5.41) is 7.96. The van der Waals surface area contributed by atoms with Gasteiger partial charge in [-0.25, -0.2) is 0 Å². The molecule has 17 heavy (non-hydrogen) atoms. The monoisotopic (exact) mass is 235 g/mol. The maximum atomic E-state index is 5.52. The standard InChI is InChI=1S/C12H17N3O2/c1-3-4-7-15(2)9-11-13-14-12(17-11)10-6-5-8-16-10/h5-6,8H,3-4,7,9H2,1-2H3. The summed E-state index contributed by atoms with van der Waals surface area (Å²) in [7, 11) is 2.05. The topological polar surface area (TPSA) is 55.3 Å². The minimum Gasteiger partial charge on any atom is -0.459 e. The minimum atomic E-state index is 0.439. The molecule has 0 atom stereocenters. The second-order valence-corrected chi connectivity index (χ2v) is 4.07. The molecule has 0 fully saturated rings. The van der Waals surface area contributed by atoms with Crippen LogP contribution in [0, 0.1) is 0 Å². The van der Waals surface area contributed by atoms with Gasteiger partial charge in [0.15, 0.2) is 5.76 Å². The predicted molar refractivity (Wildman–Crippen MR) is 63.2 cm³/mol. The highest BCUT2D eigenvalue weighted by atomic mass is 16.4. The van der Waals surface area contributed by atoms with E-state index in [9.17, 15) is 0 Å². The maximum Gasteiger partial charge on any atom is 0.283 e. The smallest absolute Gasteiger partial charge is 0.283 e. The van der Waals surface area contributed by atoms with Crippen molar-refractivity contribution in [3.8, 4) is 11.7 Å². The van der Waals surface area contributed by atoms with Crippen LogP contribution in [-0.4, -0.2) is 28.7 Å². The Labute approximate surface area is 100 Å². The van der Waals surface area contributed by atoms with E-state index in [1.165, 1.54) is 12.8 Å². The van der Waals surface area contributed by atoms with E-state index in [1.54, 1.807) is 18.4 Å². The molecule has 0 saturated carbocycles. The van der Waals surface area contributed by atoms with Crippen LogP contribution < -0.4 is 0 Å². The number of unbranched alkanes of at least 4 members (excludes halogenated alkanes) is 1. The molecule has 0 aliphatic rings. The lowest BCUT2D eigenvalue weighted by Gasteiger charge is -2.12. The third-order valence-electron chi connectivity index (χ3n) is 2.50. The third-order valence-corrected chi connectivity index (χ3v) is 2.50. The van der Waals surface area contributed by atoms with Crippen LogP contribution in [0.1, 0.15) is 25.7 Å². The molecule has 2 aromatic heterocycles. The molecule has 0 aliphatic carbocycles. The summed E-state index contributed by atoms with van der Waals surface area (Å²) in [6.07, 6.45) is 3.95. The molecule has 0 aliphatic heterocycles. The van der Waals surface area contributed by atoms with Crippen molar-refractivity contribution in [2.24, 2.45) is 0 Å². The second kappa shape index (κ2) is 5.63. The Morgan fingerprint density at radius 2 is 2.24 bits per heavy atom. The van der Waals surface area contributed by atoms with Crippen LogP contribution in [0.15, 0.2) is 27.2 Å². The van der Waals surface area contributed by atoms with Gasteiger partial charge in [0.1, 0.15) is 0 Å². The molecular weight excluding hydrogens is 218 g/mol. The van der Waals surface area contributed by atoms with Crippen molar-refractivity contribution in [2.75, 3.05) is 13.6 Å². The van der Waals surface area contributed by atoms with Crippen LogP contribution in [-0.2, 0) is 6.54 Å². The normalized spacial score (nSPS) is 11.2. The van der Waals surface area contributed by atoms with Gasteiger partial charge in [-0.1, -0.05) is 13.3 Å². The van der Waals surface area contributed by atoms with Gasteiger partial charge in [0.05, 0.1) is 12.8 Å². The molecule has 0 saturated heterocycles. The maximum absolute atomic E-state index is 5.52. The van der Waals surface area contributed by atoms with E-state index in [0.29, 0.717) is 24.1 Å². The Hall–Kier alpha value is -1.62. The Morgan fingerprint density at radius 3 is 2.94 bits per heavy atom. The number of furan rings is 1. The van der Waals surface area contributed by atoms with E-state index < -0.39 is 0 Å².